The summed E-state index contributed by atoms with van der Waals surface area (Å²) >= 11 is 1.44. The summed E-state index contributed by atoms with van der Waals surface area (Å²) < 4.78 is 1.84. The van der Waals surface area contributed by atoms with Crippen LogP contribution in [0.3, 0.4) is 0 Å². The van der Waals surface area contributed by atoms with E-state index in [0.717, 1.165) is 23.6 Å². The summed E-state index contributed by atoms with van der Waals surface area (Å²) in [5.41, 5.74) is 0.983. The number of nitrogens with one attached hydrogen (secondary N) is 1. The van der Waals surface area contributed by atoms with Crippen LogP contribution in [0.25, 0.3) is 0 Å². The van der Waals surface area contributed by atoms with Crippen LogP contribution in [0, 0.1) is 5.92 Å². The van der Waals surface area contributed by atoms with Crippen LogP contribution in [0.5, 0.6) is 0 Å². The first-order valence-electron chi connectivity index (χ1n) is 7.76. The molecule has 1 aliphatic carbocycles. The Bertz CT molecular complexity index is 655. The quantitative estimate of drug-likeness (QED) is 0.779. The van der Waals surface area contributed by atoms with Gasteiger partial charge >= 0.3 is 0 Å². The first kappa shape index (κ1) is 15.9. The molecule has 1 amide bonds. The second-order valence-corrected chi connectivity index (χ2v) is 7.11. The van der Waals surface area contributed by atoms with Crippen LogP contribution in [0.2, 0.25) is 0 Å². The van der Waals surface area contributed by atoms with E-state index in [1.54, 1.807) is 12.4 Å². The van der Waals surface area contributed by atoms with Gasteiger partial charge in [0.25, 0.3) is 0 Å². The number of hydrogen-bond acceptors (Lipinski definition) is 6. The zero-order chi connectivity index (χ0) is 16.2. The fourth-order valence-corrected chi connectivity index (χ4v) is 3.28. The molecule has 0 radical (unpaired) electrons. The molecule has 2 aromatic rings. The number of nitrogens with zero attached hydrogens (tertiary/aromatic N) is 5. The molecule has 0 unspecified atom stereocenters. The lowest BCUT2D eigenvalue weighted by molar-refractivity contribution is -0.121. The van der Waals surface area contributed by atoms with Gasteiger partial charge in [0.15, 0.2) is 0 Å². The molecule has 122 valence electrons. The lowest BCUT2D eigenvalue weighted by atomic mass is 10.1. The van der Waals surface area contributed by atoms with Crippen LogP contribution < -0.4 is 5.32 Å². The van der Waals surface area contributed by atoms with E-state index in [9.17, 15) is 4.79 Å². The van der Waals surface area contributed by atoms with Crippen molar-refractivity contribution in [2.24, 2.45) is 5.92 Å². The Morgan fingerprint density at radius 1 is 1.48 bits per heavy atom. The molecule has 0 bridgehead atoms. The van der Waals surface area contributed by atoms with E-state index in [1.165, 1.54) is 11.8 Å². The molecule has 2 aromatic heterocycles. The van der Waals surface area contributed by atoms with Crippen molar-refractivity contribution in [2.45, 2.75) is 49.7 Å². The maximum atomic E-state index is 12.6. The van der Waals surface area contributed by atoms with Crippen LogP contribution in [0.4, 0.5) is 0 Å². The maximum Gasteiger partial charge on any atom is 0.234 e. The number of aromatic nitrogens is 5. The predicted molar refractivity (Wildman–Crippen MR) is 86.7 cm³/mol. The first-order valence-corrected chi connectivity index (χ1v) is 8.64. The van der Waals surface area contributed by atoms with Crippen LogP contribution in [0.1, 0.15) is 38.3 Å². The largest absolute Gasteiger partial charge is 0.351 e. The third-order valence-corrected chi connectivity index (χ3v) is 5.13. The van der Waals surface area contributed by atoms with E-state index in [4.69, 9.17) is 0 Å². The fourth-order valence-electron chi connectivity index (χ4n) is 2.21. The molecular formula is C15H20N6OS. The fraction of sp³-hybridized carbons (Fsp3) is 0.533. The predicted octanol–water partition coefficient (Wildman–Crippen LogP) is 1.84. The van der Waals surface area contributed by atoms with Gasteiger partial charge in [0.1, 0.15) is 0 Å². The molecule has 1 N–H and O–H groups in total. The smallest absolute Gasteiger partial charge is 0.234 e. The number of pyridine rings is 1. The average Bonchev–Trinajstić information content (AvgIpc) is 3.29. The van der Waals surface area contributed by atoms with Crippen molar-refractivity contribution in [3.05, 3.63) is 30.1 Å². The van der Waals surface area contributed by atoms with Gasteiger partial charge in [-0.3, -0.25) is 9.78 Å². The minimum atomic E-state index is -0.227. The molecule has 0 aromatic carbocycles. The summed E-state index contributed by atoms with van der Waals surface area (Å²) in [6, 6.07) is 4.21. The van der Waals surface area contributed by atoms with Gasteiger partial charge in [-0.2, -0.15) is 0 Å². The molecule has 7 nitrogen and oxygen atoms in total. The SMILES string of the molecule is CC(C)[C@@H](Sc1nnnn1C1CC1)C(=O)NCc1cccnc1. The minimum Gasteiger partial charge on any atom is -0.351 e. The Labute approximate surface area is 139 Å². The van der Waals surface area contributed by atoms with E-state index in [2.05, 4.69) is 25.8 Å². The van der Waals surface area contributed by atoms with E-state index >= 15 is 0 Å². The Morgan fingerprint density at radius 2 is 2.30 bits per heavy atom. The Kier molecular flexibility index (Phi) is 4.90. The van der Waals surface area contributed by atoms with E-state index in [0.29, 0.717) is 12.6 Å². The lowest BCUT2D eigenvalue weighted by Gasteiger charge is -2.19. The highest BCUT2D eigenvalue weighted by molar-refractivity contribution is 8.00. The highest BCUT2D eigenvalue weighted by Crippen LogP contribution is 2.37. The third-order valence-electron chi connectivity index (χ3n) is 3.64. The second-order valence-electron chi connectivity index (χ2n) is 6.00. The summed E-state index contributed by atoms with van der Waals surface area (Å²) in [6.07, 6.45) is 5.69. The maximum absolute atomic E-state index is 12.6. The number of hydrogen-bond donors (Lipinski definition) is 1. The van der Waals surface area contributed by atoms with E-state index < -0.39 is 0 Å². The van der Waals surface area contributed by atoms with Crippen molar-refractivity contribution >= 4 is 17.7 Å². The van der Waals surface area contributed by atoms with Crippen molar-refractivity contribution in [3.8, 4) is 0 Å². The molecule has 3 rings (SSSR count). The first-order chi connectivity index (χ1) is 11.1. The summed E-state index contributed by atoms with van der Waals surface area (Å²) in [4.78, 5) is 16.6. The van der Waals surface area contributed by atoms with E-state index in [1.807, 2.05) is 30.7 Å². The zero-order valence-electron chi connectivity index (χ0n) is 13.2. The number of tetrazole rings is 1. The summed E-state index contributed by atoms with van der Waals surface area (Å²) in [6.45, 7) is 4.54. The highest BCUT2D eigenvalue weighted by atomic mass is 32.2. The molecule has 0 aliphatic heterocycles. The summed E-state index contributed by atoms with van der Waals surface area (Å²) in [5.74, 6) is 0.178. The molecule has 0 spiro atoms. The number of thioether (sulfide) groups is 1. The second kappa shape index (κ2) is 7.08. The van der Waals surface area contributed by atoms with Crippen LogP contribution >= 0.6 is 11.8 Å². The lowest BCUT2D eigenvalue weighted by Crippen LogP contribution is -2.35. The summed E-state index contributed by atoms with van der Waals surface area (Å²) in [7, 11) is 0. The highest BCUT2D eigenvalue weighted by Gasteiger charge is 2.31. The van der Waals surface area contributed by atoms with Gasteiger partial charge in [-0.15, -0.1) is 5.10 Å². The molecule has 0 saturated heterocycles. The van der Waals surface area contributed by atoms with E-state index in [-0.39, 0.29) is 17.1 Å². The van der Waals surface area contributed by atoms with Gasteiger partial charge in [-0.05, 0) is 40.8 Å². The third kappa shape index (κ3) is 4.07. The van der Waals surface area contributed by atoms with Gasteiger partial charge in [0.05, 0.1) is 11.3 Å². The molecule has 23 heavy (non-hydrogen) atoms. The van der Waals surface area contributed by atoms with Crippen molar-refractivity contribution in [2.75, 3.05) is 0 Å². The van der Waals surface area contributed by atoms with Crippen molar-refractivity contribution < 1.29 is 4.79 Å². The Balaban J connectivity index is 1.63. The van der Waals surface area contributed by atoms with Crippen molar-refractivity contribution in [1.29, 1.82) is 0 Å². The molecule has 1 atom stereocenters. The van der Waals surface area contributed by atoms with Crippen LogP contribution in [-0.2, 0) is 11.3 Å². The summed E-state index contributed by atoms with van der Waals surface area (Å²) in [5, 5.41) is 15.3. The molecule has 1 saturated carbocycles. The molecule has 1 fully saturated rings. The van der Waals surface area contributed by atoms with Crippen molar-refractivity contribution in [3.63, 3.8) is 0 Å². The number of carbonyl (C=O) groups is 1. The van der Waals surface area contributed by atoms with Gasteiger partial charge in [0, 0.05) is 18.9 Å². The zero-order valence-corrected chi connectivity index (χ0v) is 14.0. The Morgan fingerprint density at radius 3 is 2.96 bits per heavy atom. The van der Waals surface area contributed by atoms with Crippen LogP contribution in [0.15, 0.2) is 29.7 Å². The van der Waals surface area contributed by atoms with Gasteiger partial charge in [-0.25, -0.2) is 4.68 Å². The molecular weight excluding hydrogens is 312 g/mol. The van der Waals surface area contributed by atoms with Gasteiger partial charge in [-0.1, -0.05) is 31.7 Å². The van der Waals surface area contributed by atoms with Gasteiger partial charge in [0.2, 0.25) is 11.1 Å². The van der Waals surface area contributed by atoms with Crippen molar-refractivity contribution in [1.82, 2.24) is 30.5 Å². The number of rotatable bonds is 7. The topological polar surface area (TPSA) is 85.6 Å². The van der Waals surface area contributed by atoms with Crippen LogP contribution in [-0.4, -0.2) is 36.3 Å². The Hall–Kier alpha value is -1.96. The minimum absolute atomic E-state index is 0.000741. The molecule has 2 heterocycles. The normalized spacial score (nSPS) is 15.6. The van der Waals surface area contributed by atoms with Gasteiger partial charge < -0.3 is 5.32 Å². The molecule has 8 heteroatoms. The number of carbonyl (C=O) groups excluding carboxylic acids is 1. The monoisotopic (exact) mass is 332 g/mol. The standard InChI is InChI=1S/C15H20N6OS/c1-10(2)13(14(22)17-9-11-4-3-7-16-8-11)23-15-18-19-20-21(15)12-5-6-12/h3-4,7-8,10,12-13H,5-6,9H2,1-2H3,(H,17,22)/t13-/m1/s1. The average molecular weight is 332 g/mol. The molecule has 1 aliphatic rings. The number of amides is 1.